The highest BCUT2D eigenvalue weighted by molar-refractivity contribution is 5.53. The standard InChI is InChI=1S/C14H8N2O4/c17-15(18)13-8-12(9-14(10-13)16(19)20)7-6-11-4-2-1-3-5-11/h1-5,8-10H. The van der Waals surface area contributed by atoms with Gasteiger partial charge in [0.2, 0.25) is 0 Å². The molecule has 0 N–H and O–H groups in total. The predicted molar refractivity (Wildman–Crippen MR) is 72.2 cm³/mol. The zero-order chi connectivity index (χ0) is 14.5. The Morgan fingerprint density at radius 3 is 1.75 bits per heavy atom. The Balaban J connectivity index is 2.44. The molecule has 0 saturated carbocycles. The van der Waals surface area contributed by atoms with Crippen LogP contribution in [0.3, 0.4) is 0 Å². The fraction of sp³-hybridized carbons (Fsp3) is 0. The van der Waals surface area contributed by atoms with Gasteiger partial charge in [0.25, 0.3) is 11.4 Å². The fourth-order valence-electron chi connectivity index (χ4n) is 1.54. The van der Waals surface area contributed by atoms with E-state index in [2.05, 4.69) is 11.8 Å². The number of nitro groups is 2. The van der Waals surface area contributed by atoms with E-state index in [1.807, 2.05) is 6.07 Å². The van der Waals surface area contributed by atoms with E-state index in [4.69, 9.17) is 0 Å². The number of hydrogen-bond acceptors (Lipinski definition) is 4. The summed E-state index contributed by atoms with van der Waals surface area (Å²) in [5, 5.41) is 21.5. The van der Waals surface area contributed by atoms with Crippen molar-refractivity contribution in [3.05, 3.63) is 79.9 Å². The van der Waals surface area contributed by atoms with E-state index in [1.165, 1.54) is 12.1 Å². The highest BCUT2D eigenvalue weighted by atomic mass is 16.6. The number of nitro benzene ring substituents is 2. The molecule has 98 valence electrons. The topological polar surface area (TPSA) is 86.3 Å². The third-order valence-corrected chi connectivity index (χ3v) is 2.45. The molecule has 0 atom stereocenters. The van der Waals surface area contributed by atoms with E-state index in [9.17, 15) is 20.2 Å². The predicted octanol–water partition coefficient (Wildman–Crippen LogP) is 2.90. The second-order valence-electron chi connectivity index (χ2n) is 3.87. The van der Waals surface area contributed by atoms with E-state index in [1.54, 1.807) is 24.3 Å². The van der Waals surface area contributed by atoms with Gasteiger partial charge in [0.1, 0.15) is 0 Å². The summed E-state index contributed by atoms with van der Waals surface area (Å²) in [7, 11) is 0. The summed E-state index contributed by atoms with van der Waals surface area (Å²) in [6.45, 7) is 0. The van der Waals surface area contributed by atoms with Crippen LogP contribution in [0.25, 0.3) is 0 Å². The molecule has 0 radical (unpaired) electrons. The lowest BCUT2D eigenvalue weighted by Gasteiger charge is -1.95. The van der Waals surface area contributed by atoms with Gasteiger partial charge in [-0.15, -0.1) is 0 Å². The van der Waals surface area contributed by atoms with Crippen molar-refractivity contribution in [2.45, 2.75) is 0 Å². The third kappa shape index (κ3) is 3.17. The van der Waals surface area contributed by atoms with Crippen molar-refractivity contribution in [3.63, 3.8) is 0 Å². The van der Waals surface area contributed by atoms with Crippen molar-refractivity contribution in [3.8, 4) is 11.8 Å². The highest BCUT2D eigenvalue weighted by Gasteiger charge is 2.15. The average Bonchev–Trinajstić information content (AvgIpc) is 2.45. The molecular formula is C14H8N2O4. The number of non-ortho nitro benzene ring substituents is 2. The number of hydrogen-bond donors (Lipinski definition) is 0. The molecule has 0 heterocycles. The molecule has 20 heavy (non-hydrogen) atoms. The molecule has 2 aromatic rings. The van der Waals surface area contributed by atoms with Gasteiger partial charge in [-0.1, -0.05) is 30.0 Å². The van der Waals surface area contributed by atoms with Gasteiger partial charge in [-0.2, -0.15) is 0 Å². The minimum atomic E-state index is -0.680. The first-order valence-corrected chi connectivity index (χ1v) is 5.57. The van der Waals surface area contributed by atoms with Crippen LogP contribution in [0.4, 0.5) is 11.4 Å². The van der Waals surface area contributed by atoms with Crippen molar-refractivity contribution in [2.75, 3.05) is 0 Å². The molecule has 0 unspecified atom stereocenters. The van der Waals surface area contributed by atoms with Crippen molar-refractivity contribution in [2.24, 2.45) is 0 Å². The Morgan fingerprint density at radius 1 is 0.750 bits per heavy atom. The summed E-state index contributed by atoms with van der Waals surface area (Å²) in [6, 6.07) is 12.3. The van der Waals surface area contributed by atoms with Crippen molar-refractivity contribution in [1.82, 2.24) is 0 Å². The fourth-order valence-corrected chi connectivity index (χ4v) is 1.54. The molecule has 2 rings (SSSR count). The van der Waals surface area contributed by atoms with Crippen LogP contribution in [-0.4, -0.2) is 9.85 Å². The maximum Gasteiger partial charge on any atom is 0.277 e. The van der Waals surface area contributed by atoms with Gasteiger partial charge in [0.15, 0.2) is 0 Å². The molecule has 0 saturated heterocycles. The van der Waals surface area contributed by atoms with Crippen LogP contribution in [0.15, 0.2) is 48.5 Å². The molecule has 2 aromatic carbocycles. The largest absolute Gasteiger partial charge is 0.277 e. The summed E-state index contributed by atoms with van der Waals surface area (Å²) < 4.78 is 0. The van der Waals surface area contributed by atoms with Crippen LogP contribution in [0, 0.1) is 32.1 Å². The van der Waals surface area contributed by atoms with Crippen LogP contribution >= 0.6 is 0 Å². The smallest absolute Gasteiger partial charge is 0.258 e. The Labute approximate surface area is 114 Å². The Kier molecular flexibility index (Phi) is 3.72. The first-order chi connectivity index (χ1) is 9.56. The lowest BCUT2D eigenvalue weighted by atomic mass is 10.1. The summed E-state index contributed by atoms with van der Waals surface area (Å²) in [6.07, 6.45) is 0. The lowest BCUT2D eigenvalue weighted by molar-refractivity contribution is -0.394. The Hall–Kier alpha value is -3.20. The molecule has 0 aromatic heterocycles. The molecule has 0 spiro atoms. The second-order valence-corrected chi connectivity index (χ2v) is 3.87. The minimum absolute atomic E-state index is 0.231. The van der Waals surface area contributed by atoms with Crippen LogP contribution in [0.1, 0.15) is 11.1 Å². The molecule has 6 nitrogen and oxygen atoms in total. The lowest BCUT2D eigenvalue weighted by Crippen LogP contribution is -1.93. The van der Waals surface area contributed by atoms with Gasteiger partial charge in [-0.25, -0.2) is 0 Å². The van der Waals surface area contributed by atoms with Crippen molar-refractivity contribution in [1.29, 1.82) is 0 Å². The van der Waals surface area contributed by atoms with E-state index < -0.39 is 9.85 Å². The van der Waals surface area contributed by atoms with Crippen LogP contribution < -0.4 is 0 Å². The highest BCUT2D eigenvalue weighted by Crippen LogP contribution is 2.22. The van der Waals surface area contributed by atoms with Gasteiger partial charge >= 0.3 is 0 Å². The number of benzene rings is 2. The van der Waals surface area contributed by atoms with E-state index in [-0.39, 0.29) is 16.9 Å². The third-order valence-electron chi connectivity index (χ3n) is 2.45. The quantitative estimate of drug-likeness (QED) is 0.476. The molecule has 0 aliphatic heterocycles. The van der Waals surface area contributed by atoms with Crippen LogP contribution in [0.2, 0.25) is 0 Å². The average molecular weight is 268 g/mol. The zero-order valence-corrected chi connectivity index (χ0v) is 10.1. The van der Waals surface area contributed by atoms with Crippen molar-refractivity contribution >= 4 is 11.4 Å². The van der Waals surface area contributed by atoms with Crippen LogP contribution in [-0.2, 0) is 0 Å². The first kappa shape index (κ1) is 13.2. The molecule has 0 fully saturated rings. The molecular weight excluding hydrogens is 260 g/mol. The van der Waals surface area contributed by atoms with E-state index in [0.29, 0.717) is 0 Å². The SMILES string of the molecule is O=[N+]([O-])c1cc(C#Cc2ccccc2)cc([N+](=O)[O-])c1. The second kappa shape index (κ2) is 5.63. The van der Waals surface area contributed by atoms with Gasteiger partial charge in [-0.05, 0) is 12.1 Å². The first-order valence-electron chi connectivity index (χ1n) is 5.57. The Morgan fingerprint density at radius 2 is 1.25 bits per heavy atom. The monoisotopic (exact) mass is 268 g/mol. The summed E-state index contributed by atoms with van der Waals surface area (Å²) in [5.74, 6) is 5.49. The molecule has 0 bridgehead atoms. The Bertz CT molecular complexity index is 698. The van der Waals surface area contributed by atoms with Gasteiger partial charge in [0, 0.05) is 23.3 Å². The van der Waals surface area contributed by atoms with Gasteiger partial charge in [0.05, 0.1) is 15.9 Å². The number of nitrogens with zero attached hydrogens (tertiary/aromatic N) is 2. The zero-order valence-electron chi connectivity index (χ0n) is 10.1. The van der Waals surface area contributed by atoms with E-state index >= 15 is 0 Å². The van der Waals surface area contributed by atoms with E-state index in [0.717, 1.165) is 11.6 Å². The molecule has 6 heteroatoms. The maximum atomic E-state index is 10.7. The van der Waals surface area contributed by atoms with Crippen molar-refractivity contribution < 1.29 is 9.85 Å². The van der Waals surface area contributed by atoms with Crippen LogP contribution in [0.5, 0.6) is 0 Å². The normalized spacial score (nSPS) is 9.40. The minimum Gasteiger partial charge on any atom is -0.258 e. The summed E-state index contributed by atoms with van der Waals surface area (Å²) in [4.78, 5) is 20.1. The number of rotatable bonds is 2. The maximum absolute atomic E-state index is 10.7. The molecule has 0 aliphatic rings. The van der Waals surface area contributed by atoms with Gasteiger partial charge < -0.3 is 0 Å². The van der Waals surface area contributed by atoms with Gasteiger partial charge in [-0.3, -0.25) is 20.2 Å². The summed E-state index contributed by atoms with van der Waals surface area (Å²) in [5.41, 5.74) is 0.254. The molecule has 0 amide bonds. The molecule has 0 aliphatic carbocycles. The summed E-state index contributed by atoms with van der Waals surface area (Å²) >= 11 is 0.